The summed E-state index contributed by atoms with van der Waals surface area (Å²) in [4.78, 5) is 20.0. The van der Waals surface area contributed by atoms with E-state index >= 15 is 0 Å². The molecule has 0 aromatic rings. The first-order chi connectivity index (χ1) is 3.13. The lowest BCUT2D eigenvalue weighted by Gasteiger charge is -1.80. The highest BCUT2D eigenvalue weighted by molar-refractivity contribution is 8.26. The fourth-order valence-corrected chi connectivity index (χ4v) is 0.607. The number of hydrogen-bond acceptors (Lipinski definition) is 3. The molecular formula is C4H6O2S. The van der Waals surface area contributed by atoms with Gasteiger partial charge in [0.2, 0.25) is 0 Å². The molecule has 0 aliphatic heterocycles. The van der Waals surface area contributed by atoms with Gasteiger partial charge in [0.05, 0.1) is 0 Å². The summed E-state index contributed by atoms with van der Waals surface area (Å²) < 4.78 is 0. The lowest BCUT2D eigenvalue weighted by atomic mass is 10.9. The van der Waals surface area contributed by atoms with Crippen LogP contribution in [0.4, 0.5) is 0 Å². The van der Waals surface area contributed by atoms with E-state index in [1.165, 1.54) is 13.8 Å². The van der Waals surface area contributed by atoms with Gasteiger partial charge in [-0.1, -0.05) is 0 Å². The highest BCUT2D eigenvalue weighted by atomic mass is 32.2. The van der Waals surface area contributed by atoms with Crippen LogP contribution in [-0.2, 0) is 9.59 Å². The van der Waals surface area contributed by atoms with Crippen molar-refractivity contribution < 1.29 is 9.59 Å². The molecule has 0 aromatic heterocycles. The summed E-state index contributed by atoms with van der Waals surface area (Å²) in [6, 6.07) is 0. The smallest absolute Gasteiger partial charge is 0.193 e. The summed E-state index contributed by atoms with van der Waals surface area (Å²) in [6.45, 7) is 2.73. The summed E-state index contributed by atoms with van der Waals surface area (Å²) in [5, 5.41) is -0.292. The molecule has 0 N–H and O–H groups in total. The number of hydrogen-bond donors (Lipinski definition) is 0. The Bertz CT molecular complexity index is 85.9. The zero-order valence-electron chi connectivity index (χ0n) is 4.22. The molecule has 0 radical (unpaired) electrons. The summed E-state index contributed by atoms with van der Waals surface area (Å²) in [5.74, 6) is 0. The van der Waals surface area contributed by atoms with Crippen molar-refractivity contribution in [2.24, 2.45) is 0 Å². The second kappa shape index (κ2) is 2.80. The molecule has 0 saturated heterocycles. The van der Waals surface area contributed by atoms with E-state index < -0.39 is 0 Å². The fourth-order valence-electron chi connectivity index (χ4n) is 0.202. The Labute approximate surface area is 46.3 Å². The predicted octanol–water partition coefficient (Wildman–Crippen LogP) is 0.813. The summed E-state index contributed by atoms with van der Waals surface area (Å²) in [6.07, 6.45) is 0. The van der Waals surface area contributed by atoms with Crippen molar-refractivity contribution in [3.63, 3.8) is 0 Å². The molecule has 40 valence electrons. The van der Waals surface area contributed by atoms with Crippen LogP contribution in [0.3, 0.4) is 0 Å². The SMILES string of the molecule is CC(=O)SC(C)=O. The van der Waals surface area contributed by atoms with E-state index in [1.807, 2.05) is 0 Å². The molecule has 0 spiro atoms. The van der Waals surface area contributed by atoms with Crippen LogP contribution in [0.5, 0.6) is 0 Å². The third-order valence-electron chi connectivity index (χ3n) is 0.287. The van der Waals surface area contributed by atoms with E-state index in [0.717, 1.165) is 11.8 Å². The first kappa shape index (κ1) is 6.69. The Kier molecular flexibility index (Phi) is 2.67. The van der Waals surface area contributed by atoms with Gasteiger partial charge in [0, 0.05) is 13.8 Å². The van der Waals surface area contributed by atoms with E-state index in [2.05, 4.69) is 0 Å². The number of rotatable bonds is 0. The zero-order chi connectivity index (χ0) is 5.86. The Balaban J connectivity index is 3.32. The Hall–Kier alpha value is -0.310. The van der Waals surface area contributed by atoms with Crippen LogP contribution in [0.25, 0.3) is 0 Å². The third kappa shape index (κ3) is 5.69. The van der Waals surface area contributed by atoms with Crippen LogP contribution in [0.1, 0.15) is 13.8 Å². The maximum atomic E-state index is 10.00. The first-order valence-corrected chi connectivity index (χ1v) is 2.63. The van der Waals surface area contributed by atoms with Crippen LogP contribution in [-0.4, -0.2) is 10.2 Å². The Morgan fingerprint density at radius 3 is 1.43 bits per heavy atom. The quantitative estimate of drug-likeness (QED) is 0.472. The lowest BCUT2D eigenvalue weighted by Crippen LogP contribution is -1.86. The number of carbonyl (C=O) groups is 2. The fraction of sp³-hybridized carbons (Fsp3) is 0.500. The highest BCUT2D eigenvalue weighted by Crippen LogP contribution is 1.99. The van der Waals surface area contributed by atoms with Gasteiger partial charge < -0.3 is 0 Å². The van der Waals surface area contributed by atoms with Crippen molar-refractivity contribution >= 4 is 22.0 Å². The van der Waals surface area contributed by atoms with Gasteiger partial charge in [0.1, 0.15) is 0 Å². The molecule has 0 aromatic carbocycles. The molecule has 0 rings (SSSR count). The monoisotopic (exact) mass is 118 g/mol. The normalized spacial score (nSPS) is 8.29. The average molecular weight is 118 g/mol. The largest absolute Gasteiger partial charge is 0.287 e. The van der Waals surface area contributed by atoms with Gasteiger partial charge in [-0.05, 0) is 11.8 Å². The van der Waals surface area contributed by atoms with E-state index in [-0.39, 0.29) is 10.2 Å². The van der Waals surface area contributed by atoms with E-state index in [0.29, 0.717) is 0 Å². The van der Waals surface area contributed by atoms with E-state index in [4.69, 9.17) is 0 Å². The average Bonchev–Trinajstić information content (AvgIpc) is 1.27. The molecule has 0 fully saturated rings. The Morgan fingerprint density at radius 1 is 1.14 bits per heavy atom. The summed E-state index contributed by atoms with van der Waals surface area (Å²) in [7, 11) is 0. The van der Waals surface area contributed by atoms with Crippen molar-refractivity contribution in [2.75, 3.05) is 0 Å². The first-order valence-electron chi connectivity index (χ1n) is 1.82. The van der Waals surface area contributed by atoms with Crippen LogP contribution < -0.4 is 0 Å². The standard InChI is InChI=1S/C4H6O2S/c1-3(5)7-4(2)6/h1-2H3. The van der Waals surface area contributed by atoms with E-state index in [1.54, 1.807) is 0 Å². The minimum atomic E-state index is -0.146. The molecular weight excluding hydrogens is 112 g/mol. The van der Waals surface area contributed by atoms with Crippen molar-refractivity contribution in [2.45, 2.75) is 13.8 Å². The molecule has 0 heterocycles. The van der Waals surface area contributed by atoms with Crippen molar-refractivity contribution in [3.8, 4) is 0 Å². The Morgan fingerprint density at radius 2 is 1.43 bits per heavy atom. The molecule has 0 aliphatic carbocycles. The summed E-state index contributed by atoms with van der Waals surface area (Å²) in [5.41, 5.74) is 0. The maximum Gasteiger partial charge on any atom is 0.193 e. The van der Waals surface area contributed by atoms with Crippen molar-refractivity contribution in [3.05, 3.63) is 0 Å². The lowest BCUT2D eigenvalue weighted by molar-refractivity contribution is -0.111. The maximum absolute atomic E-state index is 10.00. The van der Waals surface area contributed by atoms with Gasteiger partial charge in [0.15, 0.2) is 10.2 Å². The molecule has 0 atom stereocenters. The topological polar surface area (TPSA) is 34.1 Å². The minimum absolute atomic E-state index is 0.146. The summed E-state index contributed by atoms with van der Waals surface area (Å²) >= 11 is 0.731. The molecule has 3 heteroatoms. The highest BCUT2D eigenvalue weighted by Gasteiger charge is 1.95. The van der Waals surface area contributed by atoms with Gasteiger partial charge in [-0.15, -0.1) is 0 Å². The molecule has 2 nitrogen and oxygen atoms in total. The second-order valence-corrected chi connectivity index (χ2v) is 2.44. The van der Waals surface area contributed by atoms with E-state index in [9.17, 15) is 9.59 Å². The third-order valence-corrected chi connectivity index (χ3v) is 0.862. The predicted molar refractivity (Wildman–Crippen MR) is 29.0 cm³/mol. The van der Waals surface area contributed by atoms with Crippen molar-refractivity contribution in [1.29, 1.82) is 0 Å². The molecule has 0 amide bonds. The molecule has 0 saturated carbocycles. The molecule has 0 aliphatic rings. The second-order valence-electron chi connectivity index (χ2n) is 1.09. The van der Waals surface area contributed by atoms with Crippen LogP contribution in [0, 0.1) is 0 Å². The van der Waals surface area contributed by atoms with Gasteiger partial charge >= 0.3 is 0 Å². The minimum Gasteiger partial charge on any atom is -0.287 e. The van der Waals surface area contributed by atoms with Gasteiger partial charge in [0.25, 0.3) is 0 Å². The molecule has 0 unspecified atom stereocenters. The van der Waals surface area contributed by atoms with Gasteiger partial charge in [-0.3, -0.25) is 9.59 Å². The van der Waals surface area contributed by atoms with Crippen molar-refractivity contribution in [1.82, 2.24) is 0 Å². The number of carbonyl (C=O) groups excluding carboxylic acids is 2. The number of thioether (sulfide) groups is 1. The van der Waals surface area contributed by atoms with Crippen LogP contribution in [0.15, 0.2) is 0 Å². The van der Waals surface area contributed by atoms with Crippen LogP contribution >= 0.6 is 11.8 Å². The zero-order valence-corrected chi connectivity index (χ0v) is 5.04. The van der Waals surface area contributed by atoms with Gasteiger partial charge in [-0.25, -0.2) is 0 Å². The molecule has 0 bridgehead atoms. The van der Waals surface area contributed by atoms with Gasteiger partial charge in [-0.2, -0.15) is 0 Å². The van der Waals surface area contributed by atoms with Crippen LogP contribution in [0.2, 0.25) is 0 Å². The molecule has 7 heavy (non-hydrogen) atoms.